The summed E-state index contributed by atoms with van der Waals surface area (Å²) in [5, 5.41) is 12.1. The van der Waals surface area contributed by atoms with Crippen molar-refractivity contribution in [1.29, 1.82) is 0 Å². The van der Waals surface area contributed by atoms with E-state index in [1.807, 2.05) is 54.7 Å². The van der Waals surface area contributed by atoms with Gasteiger partial charge >= 0.3 is 0 Å². The first-order valence-electron chi connectivity index (χ1n) is 17.0. The van der Waals surface area contributed by atoms with E-state index in [9.17, 15) is 5.11 Å². The minimum Gasteiger partial charge on any atom is -0.507 e. The molecule has 5 heteroatoms. The zero-order valence-corrected chi connectivity index (χ0v) is 29.2. The molecule has 2 aliphatic carbocycles. The molecule has 0 spiro atoms. The molecule has 49 heavy (non-hydrogen) atoms. The maximum absolute atomic E-state index is 11.1. The molecule has 0 atom stereocenters. The first kappa shape index (κ1) is 31.4. The normalized spacial score (nSPS) is 14.9. The number of nitrogens with zero attached hydrogens (tertiary/aromatic N) is 3. The minimum atomic E-state index is -0.760. The standard InChI is InChI=1S/C44H34N3O.Pt/c48-41-24-11-7-20-36(41)40-26-32(29-13-2-1-3-14-29)27-42(46-40)44(37-21-8-5-18-34(37)35-19-6-9-22-38(35)44)33-17-12-16-30(25-33)43-45-28-31-15-4-10-23-39(31)47-43;/h4-12,15-24,26-29,48H,1-3,13-14H2;/q-1;. The van der Waals surface area contributed by atoms with Gasteiger partial charge in [0.15, 0.2) is 0 Å². The van der Waals surface area contributed by atoms with E-state index in [0.717, 1.165) is 51.8 Å². The number of aromatic nitrogens is 3. The van der Waals surface area contributed by atoms with Crippen LogP contribution in [0.3, 0.4) is 0 Å². The molecule has 242 valence electrons. The molecule has 7 aromatic rings. The Morgan fingerprint density at radius 3 is 2.08 bits per heavy atom. The van der Waals surface area contributed by atoms with E-state index in [4.69, 9.17) is 15.0 Å². The zero-order chi connectivity index (χ0) is 32.1. The summed E-state index contributed by atoms with van der Waals surface area (Å²) >= 11 is 0. The van der Waals surface area contributed by atoms with Gasteiger partial charge in [-0.2, -0.15) is 0 Å². The Morgan fingerprint density at radius 2 is 1.33 bits per heavy atom. The molecule has 0 aliphatic heterocycles. The summed E-state index contributed by atoms with van der Waals surface area (Å²) in [5.41, 5.74) is 10.5. The second-order valence-electron chi connectivity index (χ2n) is 13.1. The number of benzene rings is 5. The van der Waals surface area contributed by atoms with Crippen molar-refractivity contribution in [3.63, 3.8) is 0 Å². The molecule has 0 saturated heterocycles. The number of phenols is 1. The number of hydrogen-bond donors (Lipinski definition) is 1. The maximum atomic E-state index is 11.1. The summed E-state index contributed by atoms with van der Waals surface area (Å²) in [6, 6.07) is 47.8. The van der Waals surface area contributed by atoms with Gasteiger partial charge in [-0.15, -0.1) is 35.4 Å². The molecule has 1 fully saturated rings. The second-order valence-corrected chi connectivity index (χ2v) is 13.1. The van der Waals surface area contributed by atoms with E-state index in [-0.39, 0.29) is 26.8 Å². The third-order valence-corrected chi connectivity index (χ3v) is 10.4. The fraction of sp³-hybridized carbons (Fsp3) is 0.159. The maximum Gasteiger partial charge on any atom is 0.124 e. The van der Waals surface area contributed by atoms with Crippen LogP contribution in [0.4, 0.5) is 0 Å². The van der Waals surface area contributed by atoms with E-state index in [2.05, 4.69) is 78.9 Å². The summed E-state index contributed by atoms with van der Waals surface area (Å²) in [6.07, 6.45) is 7.95. The Balaban J connectivity index is 0.00000348. The van der Waals surface area contributed by atoms with Gasteiger partial charge in [0.2, 0.25) is 0 Å². The number of pyridine rings is 1. The number of aromatic hydroxyl groups is 1. The van der Waals surface area contributed by atoms with E-state index in [1.165, 1.54) is 47.1 Å². The van der Waals surface area contributed by atoms with Crippen LogP contribution in [0.1, 0.15) is 66.0 Å². The summed E-state index contributed by atoms with van der Waals surface area (Å²) in [6.45, 7) is 0. The van der Waals surface area contributed by atoms with Crippen LogP contribution < -0.4 is 0 Å². The van der Waals surface area contributed by atoms with Crippen LogP contribution in [0.2, 0.25) is 0 Å². The van der Waals surface area contributed by atoms with Gasteiger partial charge in [-0.05, 0) is 76.9 Å². The first-order valence-corrected chi connectivity index (χ1v) is 17.0. The summed E-state index contributed by atoms with van der Waals surface area (Å²) in [7, 11) is 0. The summed E-state index contributed by atoms with van der Waals surface area (Å²) in [4.78, 5) is 15.3. The Bertz CT molecular complexity index is 2280. The molecular weight excluding hydrogens is 782 g/mol. The van der Waals surface area contributed by atoms with Crippen LogP contribution in [0.25, 0.3) is 44.7 Å². The molecule has 0 bridgehead atoms. The van der Waals surface area contributed by atoms with Crippen molar-refractivity contribution < 1.29 is 26.2 Å². The number of para-hydroxylation sites is 2. The molecule has 0 unspecified atom stereocenters. The van der Waals surface area contributed by atoms with Gasteiger partial charge in [0, 0.05) is 38.2 Å². The average molecular weight is 816 g/mol. The van der Waals surface area contributed by atoms with E-state index < -0.39 is 5.41 Å². The van der Waals surface area contributed by atoms with Crippen molar-refractivity contribution in [3.8, 4) is 39.5 Å². The fourth-order valence-electron chi connectivity index (χ4n) is 8.10. The molecule has 5 aromatic carbocycles. The quantitative estimate of drug-likeness (QED) is 0.176. The topological polar surface area (TPSA) is 58.9 Å². The van der Waals surface area contributed by atoms with Crippen molar-refractivity contribution in [2.24, 2.45) is 0 Å². The van der Waals surface area contributed by atoms with Crippen LogP contribution in [0, 0.1) is 6.07 Å². The Kier molecular flexibility index (Phi) is 8.21. The predicted octanol–water partition coefficient (Wildman–Crippen LogP) is 10.3. The van der Waals surface area contributed by atoms with Gasteiger partial charge in [-0.3, -0.25) is 15.0 Å². The first-order chi connectivity index (χ1) is 23.7. The zero-order valence-electron chi connectivity index (χ0n) is 26.9. The second kappa shape index (κ2) is 12.8. The van der Waals surface area contributed by atoms with Gasteiger partial charge in [0.25, 0.3) is 0 Å². The molecule has 4 nitrogen and oxygen atoms in total. The van der Waals surface area contributed by atoms with Crippen molar-refractivity contribution >= 4 is 10.9 Å². The largest absolute Gasteiger partial charge is 0.507 e. The van der Waals surface area contributed by atoms with Crippen molar-refractivity contribution in [3.05, 3.63) is 168 Å². The average Bonchev–Trinajstić information content (AvgIpc) is 3.46. The SMILES string of the molecule is Oc1ccccc1-c1cc(C2CCCCC2)cc(C2(c3[c-]c(-c4ncc5ccccc5n4)ccc3)c3ccccc3-c3ccccc32)n1.[Pt]. The van der Waals surface area contributed by atoms with E-state index in [0.29, 0.717) is 11.7 Å². The van der Waals surface area contributed by atoms with Crippen LogP contribution in [-0.4, -0.2) is 20.1 Å². The molecule has 1 N–H and O–H groups in total. The third-order valence-electron chi connectivity index (χ3n) is 10.4. The summed E-state index contributed by atoms with van der Waals surface area (Å²) < 4.78 is 0. The molecule has 2 heterocycles. The number of phenolic OH excluding ortho intramolecular Hbond substituents is 1. The minimum absolute atomic E-state index is 0. The van der Waals surface area contributed by atoms with Crippen LogP contribution in [0.5, 0.6) is 5.75 Å². The Hall–Kier alpha value is -4.92. The van der Waals surface area contributed by atoms with E-state index >= 15 is 0 Å². The summed E-state index contributed by atoms with van der Waals surface area (Å²) in [5.74, 6) is 1.32. The molecule has 1 saturated carbocycles. The monoisotopic (exact) mass is 815 g/mol. The van der Waals surface area contributed by atoms with Crippen LogP contribution in [0.15, 0.2) is 134 Å². The van der Waals surface area contributed by atoms with Crippen LogP contribution >= 0.6 is 0 Å². The van der Waals surface area contributed by atoms with Gasteiger partial charge in [-0.1, -0.05) is 98.1 Å². The molecule has 0 amide bonds. The van der Waals surface area contributed by atoms with Crippen molar-refractivity contribution in [1.82, 2.24) is 15.0 Å². The fourth-order valence-corrected chi connectivity index (χ4v) is 8.10. The predicted molar refractivity (Wildman–Crippen MR) is 192 cm³/mol. The molecule has 2 aromatic heterocycles. The molecule has 9 rings (SSSR count). The van der Waals surface area contributed by atoms with Gasteiger partial charge < -0.3 is 5.11 Å². The molecular formula is C44H34N3OPt-. The number of rotatable bonds is 5. The third kappa shape index (κ3) is 5.21. The van der Waals surface area contributed by atoms with Crippen LogP contribution in [-0.2, 0) is 26.5 Å². The van der Waals surface area contributed by atoms with Gasteiger partial charge in [0.05, 0.1) is 28.1 Å². The Morgan fingerprint density at radius 1 is 0.653 bits per heavy atom. The van der Waals surface area contributed by atoms with Gasteiger partial charge in [-0.25, -0.2) is 0 Å². The number of hydrogen-bond acceptors (Lipinski definition) is 4. The number of fused-ring (bicyclic) bond motifs is 4. The van der Waals surface area contributed by atoms with E-state index in [1.54, 1.807) is 6.07 Å². The molecule has 0 radical (unpaired) electrons. The van der Waals surface area contributed by atoms with Gasteiger partial charge in [0.1, 0.15) is 5.75 Å². The molecule has 2 aliphatic rings. The smallest absolute Gasteiger partial charge is 0.124 e. The van der Waals surface area contributed by atoms with Crippen molar-refractivity contribution in [2.45, 2.75) is 43.4 Å². The van der Waals surface area contributed by atoms with Crippen molar-refractivity contribution in [2.75, 3.05) is 0 Å². The Labute approximate surface area is 301 Å².